The van der Waals surface area contributed by atoms with Crippen LogP contribution in [0.1, 0.15) is 43.5 Å². The van der Waals surface area contributed by atoms with Crippen molar-refractivity contribution in [3.8, 4) is 5.75 Å². The number of rotatable bonds is 8. The van der Waals surface area contributed by atoms with Gasteiger partial charge >= 0.3 is 0 Å². The molecule has 0 N–H and O–H groups in total. The second-order valence-electron chi connectivity index (χ2n) is 6.59. The number of likely N-dealkylation sites (tertiary alicyclic amines) is 1. The smallest absolute Gasteiger partial charge is 0.253 e. The second-order valence-corrected chi connectivity index (χ2v) is 6.59. The predicted molar refractivity (Wildman–Crippen MR) is 99.1 cm³/mol. The number of carbonyl (C=O) groups excluding carboxylic acids is 1. The van der Waals surface area contributed by atoms with Crippen molar-refractivity contribution in [1.29, 1.82) is 0 Å². The number of hydrogen-bond donors (Lipinski definition) is 0. The lowest BCUT2D eigenvalue weighted by atomic mass is 10.2. The highest BCUT2D eigenvalue weighted by Crippen LogP contribution is 2.44. The second kappa shape index (κ2) is 8.72. The summed E-state index contributed by atoms with van der Waals surface area (Å²) in [4.78, 5) is 16.7. The van der Waals surface area contributed by atoms with Crippen LogP contribution in [0.3, 0.4) is 0 Å². The van der Waals surface area contributed by atoms with E-state index in [1.54, 1.807) is 0 Å². The molecule has 0 unspecified atom stereocenters. The number of fused-ring (bicyclic) bond motifs is 1. The average molecular weight is 353 g/mol. The standard InChI is InChI=1S/C19H28N2O2.ClH/c1-3-20(4-2)19(22)15-6-8-17(9-7-15)23-13-5-11-21-12-10-16-14-18(16)21;/h6-9,16,18H,3-5,10-14H2,1-2H3;1H/t16-,18+;/m0./s1. The maximum Gasteiger partial charge on any atom is 0.253 e. The van der Waals surface area contributed by atoms with Crippen molar-refractivity contribution >= 4 is 18.3 Å². The van der Waals surface area contributed by atoms with Gasteiger partial charge in [0, 0.05) is 31.2 Å². The molecule has 1 heterocycles. The lowest BCUT2D eigenvalue weighted by molar-refractivity contribution is 0.0773. The fraction of sp³-hybridized carbons (Fsp3) is 0.632. The fourth-order valence-corrected chi connectivity index (χ4v) is 3.61. The first-order chi connectivity index (χ1) is 11.2. The number of hydrogen-bond acceptors (Lipinski definition) is 3. The number of nitrogens with zero attached hydrogens (tertiary/aromatic N) is 2. The summed E-state index contributed by atoms with van der Waals surface area (Å²) in [6.45, 7) is 8.67. The Balaban J connectivity index is 0.00000208. The van der Waals surface area contributed by atoms with Gasteiger partial charge in [-0.15, -0.1) is 12.4 Å². The molecule has 2 aliphatic rings. The summed E-state index contributed by atoms with van der Waals surface area (Å²) in [5.74, 6) is 1.95. The van der Waals surface area contributed by atoms with Crippen LogP contribution in [-0.2, 0) is 0 Å². The SMILES string of the molecule is CCN(CC)C(=O)c1ccc(OCCCN2CC[C@H]3C[C@H]32)cc1.Cl. The fourth-order valence-electron chi connectivity index (χ4n) is 3.61. The van der Waals surface area contributed by atoms with E-state index in [2.05, 4.69) is 4.90 Å². The third kappa shape index (κ3) is 4.42. The quantitative estimate of drug-likeness (QED) is 0.672. The summed E-state index contributed by atoms with van der Waals surface area (Å²) >= 11 is 0. The van der Waals surface area contributed by atoms with Gasteiger partial charge in [-0.25, -0.2) is 0 Å². The number of piperidine rings is 1. The molecule has 0 bridgehead atoms. The summed E-state index contributed by atoms with van der Waals surface area (Å²) in [6, 6.07) is 8.43. The van der Waals surface area contributed by atoms with E-state index < -0.39 is 0 Å². The first-order valence-electron chi connectivity index (χ1n) is 8.99. The number of ether oxygens (including phenoxy) is 1. The topological polar surface area (TPSA) is 32.8 Å². The van der Waals surface area contributed by atoms with Crippen molar-refractivity contribution in [2.45, 2.75) is 39.2 Å². The molecular formula is C19H29ClN2O2. The van der Waals surface area contributed by atoms with Crippen LogP contribution in [0.2, 0.25) is 0 Å². The molecule has 1 saturated carbocycles. The van der Waals surface area contributed by atoms with Crippen molar-refractivity contribution in [3.63, 3.8) is 0 Å². The molecule has 0 radical (unpaired) electrons. The van der Waals surface area contributed by atoms with Gasteiger partial charge < -0.3 is 9.64 Å². The van der Waals surface area contributed by atoms with Crippen LogP contribution < -0.4 is 4.74 Å². The Labute approximate surface area is 151 Å². The zero-order valence-corrected chi connectivity index (χ0v) is 15.6. The summed E-state index contributed by atoms with van der Waals surface area (Å²) in [7, 11) is 0. The molecule has 3 rings (SSSR count). The van der Waals surface area contributed by atoms with E-state index >= 15 is 0 Å². The van der Waals surface area contributed by atoms with Gasteiger partial charge in [0.2, 0.25) is 0 Å². The van der Waals surface area contributed by atoms with Crippen LogP contribution in [0.5, 0.6) is 5.75 Å². The van der Waals surface area contributed by atoms with E-state index in [4.69, 9.17) is 4.74 Å². The Bertz CT molecular complexity index is 531. The van der Waals surface area contributed by atoms with Crippen molar-refractivity contribution in [1.82, 2.24) is 9.80 Å². The monoisotopic (exact) mass is 352 g/mol. The molecule has 2 fully saturated rings. The molecule has 134 valence electrons. The molecule has 0 aromatic heterocycles. The lowest BCUT2D eigenvalue weighted by Crippen LogP contribution is -2.30. The van der Waals surface area contributed by atoms with Crippen molar-refractivity contribution in [2.75, 3.05) is 32.8 Å². The van der Waals surface area contributed by atoms with Crippen LogP contribution in [0, 0.1) is 5.92 Å². The normalized spacial score (nSPS) is 21.8. The maximum absolute atomic E-state index is 12.2. The van der Waals surface area contributed by atoms with Gasteiger partial charge in [0.15, 0.2) is 0 Å². The van der Waals surface area contributed by atoms with Gasteiger partial charge in [0.05, 0.1) is 6.61 Å². The molecule has 1 aliphatic heterocycles. The van der Waals surface area contributed by atoms with Crippen LogP contribution in [0.25, 0.3) is 0 Å². The zero-order valence-electron chi connectivity index (χ0n) is 14.7. The molecule has 1 aliphatic carbocycles. The molecule has 1 amide bonds. The highest BCUT2D eigenvalue weighted by molar-refractivity contribution is 5.94. The molecule has 24 heavy (non-hydrogen) atoms. The molecule has 1 aromatic carbocycles. The van der Waals surface area contributed by atoms with Gasteiger partial charge in [-0.1, -0.05) is 0 Å². The molecule has 1 aromatic rings. The Hall–Kier alpha value is -1.26. The molecule has 4 nitrogen and oxygen atoms in total. The van der Waals surface area contributed by atoms with E-state index in [1.807, 2.05) is 43.0 Å². The Morgan fingerprint density at radius 2 is 1.96 bits per heavy atom. The Kier molecular flexibility index (Phi) is 6.93. The van der Waals surface area contributed by atoms with E-state index in [-0.39, 0.29) is 18.3 Å². The molecular weight excluding hydrogens is 324 g/mol. The third-order valence-electron chi connectivity index (χ3n) is 5.15. The number of carbonyl (C=O) groups is 1. The predicted octanol–water partition coefficient (Wildman–Crippen LogP) is 3.45. The van der Waals surface area contributed by atoms with Crippen molar-refractivity contribution < 1.29 is 9.53 Å². The van der Waals surface area contributed by atoms with Gasteiger partial charge in [0.25, 0.3) is 5.91 Å². The third-order valence-corrected chi connectivity index (χ3v) is 5.15. The summed E-state index contributed by atoms with van der Waals surface area (Å²) in [6.07, 6.45) is 3.89. The van der Waals surface area contributed by atoms with Crippen LogP contribution >= 0.6 is 12.4 Å². The van der Waals surface area contributed by atoms with Gasteiger partial charge in [-0.05, 0) is 69.8 Å². The minimum atomic E-state index is 0. The van der Waals surface area contributed by atoms with Crippen molar-refractivity contribution in [3.05, 3.63) is 29.8 Å². The molecule has 5 heteroatoms. The minimum Gasteiger partial charge on any atom is -0.494 e. The number of benzene rings is 1. The largest absolute Gasteiger partial charge is 0.494 e. The Morgan fingerprint density at radius 1 is 1.25 bits per heavy atom. The Morgan fingerprint density at radius 3 is 2.50 bits per heavy atom. The van der Waals surface area contributed by atoms with Crippen LogP contribution in [0.15, 0.2) is 24.3 Å². The summed E-state index contributed by atoms with van der Waals surface area (Å²) < 4.78 is 5.81. The first-order valence-corrected chi connectivity index (χ1v) is 8.99. The van der Waals surface area contributed by atoms with E-state index in [0.29, 0.717) is 0 Å². The summed E-state index contributed by atoms with van der Waals surface area (Å²) in [5.41, 5.74) is 0.734. The lowest BCUT2D eigenvalue weighted by Gasteiger charge is -2.19. The molecule has 1 saturated heterocycles. The van der Waals surface area contributed by atoms with Crippen LogP contribution in [0.4, 0.5) is 0 Å². The van der Waals surface area contributed by atoms with E-state index in [0.717, 1.165) is 55.9 Å². The van der Waals surface area contributed by atoms with Gasteiger partial charge in [-0.3, -0.25) is 9.69 Å². The number of halogens is 1. The average Bonchev–Trinajstić information content (AvgIpc) is 3.26. The maximum atomic E-state index is 12.2. The van der Waals surface area contributed by atoms with Gasteiger partial charge in [-0.2, -0.15) is 0 Å². The molecule has 2 atom stereocenters. The zero-order chi connectivity index (χ0) is 16.2. The van der Waals surface area contributed by atoms with Gasteiger partial charge in [0.1, 0.15) is 5.75 Å². The highest BCUT2D eigenvalue weighted by Gasteiger charge is 2.46. The summed E-state index contributed by atoms with van der Waals surface area (Å²) in [5, 5.41) is 0. The minimum absolute atomic E-state index is 0. The van der Waals surface area contributed by atoms with Crippen molar-refractivity contribution in [2.24, 2.45) is 5.92 Å². The van der Waals surface area contributed by atoms with Crippen LogP contribution in [-0.4, -0.2) is 54.5 Å². The van der Waals surface area contributed by atoms with E-state index in [1.165, 1.54) is 19.4 Å². The molecule has 0 spiro atoms. The first kappa shape index (κ1) is 19.1. The van der Waals surface area contributed by atoms with E-state index in [9.17, 15) is 4.79 Å². The number of amides is 1. The highest BCUT2D eigenvalue weighted by atomic mass is 35.5.